The van der Waals surface area contributed by atoms with Crippen molar-refractivity contribution in [2.24, 2.45) is 0 Å². The van der Waals surface area contributed by atoms with E-state index < -0.39 is 34.7 Å². The van der Waals surface area contributed by atoms with Gasteiger partial charge in [0, 0.05) is 28.0 Å². The molecule has 9 nitrogen and oxygen atoms in total. The van der Waals surface area contributed by atoms with Crippen molar-refractivity contribution in [3.8, 4) is 11.5 Å². The van der Waals surface area contributed by atoms with Gasteiger partial charge >= 0.3 is 0 Å². The number of phenols is 1. The SMILES string of the molecule is COc1ccccc1CNC(=O)[C@H]1N(C(=O)C(O)C(Cc2ccccc2)NC(=O)c2cccc(O)c2C)CSC1(C)C. The summed E-state index contributed by atoms with van der Waals surface area (Å²) >= 11 is 1.44. The van der Waals surface area contributed by atoms with Crippen molar-refractivity contribution in [2.75, 3.05) is 13.0 Å². The average Bonchev–Trinajstić information content (AvgIpc) is 3.31. The second-order valence-corrected chi connectivity index (χ2v) is 12.4. The molecule has 2 unspecified atom stereocenters. The van der Waals surface area contributed by atoms with E-state index in [0.29, 0.717) is 11.3 Å². The van der Waals surface area contributed by atoms with Crippen LogP contribution in [0, 0.1) is 6.92 Å². The third-order valence-electron chi connectivity index (χ3n) is 7.52. The van der Waals surface area contributed by atoms with E-state index in [1.807, 2.05) is 68.4 Å². The lowest BCUT2D eigenvalue weighted by Crippen LogP contribution is -2.58. The van der Waals surface area contributed by atoms with Crippen LogP contribution in [0.25, 0.3) is 0 Å². The van der Waals surface area contributed by atoms with E-state index in [9.17, 15) is 24.6 Å². The Hall–Kier alpha value is -4.02. The standard InChI is InChI=1S/C32H37N3O6S/c1-20-23(14-10-15-25(20)36)29(38)34-24(17-21-11-6-5-7-12-21)27(37)31(40)35-19-42-32(2,3)28(35)30(39)33-18-22-13-8-9-16-26(22)41-4/h5-16,24,27-28,36-37H,17-19H2,1-4H3,(H,33,39)(H,34,38)/t24?,27?,28-/m1/s1. The number of hydrogen-bond donors (Lipinski definition) is 4. The van der Waals surface area contributed by atoms with Gasteiger partial charge < -0.3 is 30.5 Å². The fraction of sp³-hybridized carbons (Fsp3) is 0.344. The van der Waals surface area contributed by atoms with Gasteiger partial charge in [-0.1, -0.05) is 54.6 Å². The van der Waals surface area contributed by atoms with E-state index in [1.54, 1.807) is 26.2 Å². The molecule has 1 aliphatic heterocycles. The van der Waals surface area contributed by atoms with Crippen molar-refractivity contribution in [1.82, 2.24) is 15.5 Å². The normalized spacial score (nSPS) is 17.3. The summed E-state index contributed by atoms with van der Waals surface area (Å²) in [6.45, 7) is 5.60. The highest BCUT2D eigenvalue weighted by molar-refractivity contribution is 8.00. The number of aromatic hydroxyl groups is 1. The molecule has 0 bridgehead atoms. The van der Waals surface area contributed by atoms with Crippen LogP contribution < -0.4 is 15.4 Å². The molecule has 1 saturated heterocycles. The van der Waals surface area contributed by atoms with Gasteiger partial charge in [-0.3, -0.25) is 14.4 Å². The summed E-state index contributed by atoms with van der Waals surface area (Å²) < 4.78 is 4.76. The number of amides is 3. The molecular weight excluding hydrogens is 554 g/mol. The predicted octanol–water partition coefficient (Wildman–Crippen LogP) is 3.41. The number of nitrogens with zero attached hydrogens (tertiary/aromatic N) is 1. The smallest absolute Gasteiger partial charge is 0.254 e. The third kappa shape index (κ3) is 6.88. The molecule has 1 fully saturated rings. The lowest BCUT2D eigenvalue weighted by molar-refractivity contribution is -0.147. The van der Waals surface area contributed by atoms with Crippen LogP contribution in [0.4, 0.5) is 0 Å². The molecule has 4 rings (SSSR count). The molecule has 3 atom stereocenters. The molecule has 10 heteroatoms. The molecule has 3 amide bonds. The first kappa shape index (κ1) is 30.9. The number of rotatable bonds is 10. The maximum absolute atomic E-state index is 13.9. The number of para-hydroxylation sites is 1. The van der Waals surface area contributed by atoms with Crippen molar-refractivity contribution in [3.05, 3.63) is 95.1 Å². The number of carbonyl (C=O) groups is 3. The zero-order chi connectivity index (χ0) is 30.4. The highest BCUT2D eigenvalue weighted by atomic mass is 32.2. The number of carbonyl (C=O) groups excluding carboxylic acids is 3. The number of nitrogens with one attached hydrogen (secondary N) is 2. The number of aliphatic hydroxyl groups is 1. The first-order chi connectivity index (χ1) is 20.0. The number of phenolic OH excluding ortho intramolecular Hbond substituents is 1. The minimum Gasteiger partial charge on any atom is -0.508 e. The van der Waals surface area contributed by atoms with Crippen molar-refractivity contribution in [2.45, 2.75) is 56.7 Å². The van der Waals surface area contributed by atoms with Gasteiger partial charge in [-0.05, 0) is 51.0 Å². The van der Waals surface area contributed by atoms with Crippen LogP contribution in [0.2, 0.25) is 0 Å². The first-order valence-electron chi connectivity index (χ1n) is 13.7. The van der Waals surface area contributed by atoms with E-state index in [1.165, 1.54) is 22.7 Å². The number of hydrogen-bond acceptors (Lipinski definition) is 7. The molecule has 0 radical (unpaired) electrons. The van der Waals surface area contributed by atoms with E-state index in [0.717, 1.165) is 11.1 Å². The predicted molar refractivity (Wildman–Crippen MR) is 162 cm³/mol. The third-order valence-corrected chi connectivity index (χ3v) is 8.90. The van der Waals surface area contributed by atoms with Gasteiger partial charge in [0.15, 0.2) is 6.10 Å². The van der Waals surface area contributed by atoms with Crippen molar-refractivity contribution < 1.29 is 29.3 Å². The highest BCUT2D eigenvalue weighted by Crippen LogP contribution is 2.40. The van der Waals surface area contributed by atoms with Crippen LogP contribution in [0.5, 0.6) is 11.5 Å². The molecule has 0 aliphatic carbocycles. The van der Waals surface area contributed by atoms with Crippen LogP contribution in [0.3, 0.4) is 0 Å². The molecule has 3 aromatic rings. The van der Waals surface area contributed by atoms with Crippen LogP contribution >= 0.6 is 11.8 Å². The van der Waals surface area contributed by atoms with Crippen LogP contribution in [0.1, 0.15) is 40.9 Å². The van der Waals surface area contributed by atoms with Crippen LogP contribution in [-0.4, -0.2) is 68.8 Å². The topological polar surface area (TPSA) is 128 Å². The summed E-state index contributed by atoms with van der Waals surface area (Å²) in [4.78, 5) is 42.1. The first-order valence-corrected chi connectivity index (χ1v) is 14.7. The molecule has 0 aromatic heterocycles. The second kappa shape index (κ2) is 13.3. The van der Waals surface area contributed by atoms with Crippen molar-refractivity contribution >= 4 is 29.5 Å². The molecule has 3 aromatic carbocycles. The van der Waals surface area contributed by atoms with E-state index in [2.05, 4.69) is 10.6 Å². The summed E-state index contributed by atoms with van der Waals surface area (Å²) in [5.41, 5.74) is 2.23. The Morgan fingerprint density at radius 1 is 1.05 bits per heavy atom. The van der Waals surface area contributed by atoms with Crippen molar-refractivity contribution in [3.63, 3.8) is 0 Å². The van der Waals surface area contributed by atoms with Gasteiger partial charge in [0.05, 0.1) is 19.0 Å². The van der Waals surface area contributed by atoms with E-state index >= 15 is 0 Å². The van der Waals surface area contributed by atoms with Gasteiger partial charge in [0.1, 0.15) is 17.5 Å². The molecule has 222 valence electrons. The van der Waals surface area contributed by atoms with E-state index in [-0.39, 0.29) is 36.1 Å². The number of thioether (sulfide) groups is 1. The lowest BCUT2D eigenvalue weighted by atomic mass is 9.96. The molecule has 0 spiro atoms. The average molecular weight is 592 g/mol. The Labute approximate surface area is 250 Å². The van der Waals surface area contributed by atoms with Gasteiger partial charge in [-0.2, -0.15) is 0 Å². The van der Waals surface area contributed by atoms with E-state index in [4.69, 9.17) is 4.74 Å². The maximum atomic E-state index is 13.9. The summed E-state index contributed by atoms with van der Waals surface area (Å²) in [6.07, 6.45) is -1.46. The van der Waals surface area contributed by atoms with Crippen molar-refractivity contribution in [1.29, 1.82) is 0 Å². The monoisotopic (exact) mass is 591 g/mol. The molecule has 4 N–H and O–H groups in total. The fourth-order valence-electron chi connectivity index (χ4n) is 5.11. The molecule has 0 saturated carbocycles. The fourth-order valence-corrected chi connectivity index (χ4v) is 6.25. The summed E-state index contributed by atoms with van der Waals surface area (Å²) in [5.74, 6) is -0.721. The Morgan fingerprint density at radius 2 is 1.74 bits per heavy atom. The summed E-state index contributed by atoms with van der Waals surface area (Å²) in [7, 11) is 1.56. The Balaban J connectivity index is 1.56. The Morgan fingerprint density at radius 3 is 2.45 bits per heavy atom. The van der Waals surface area contributed by atoms with Gasteiger partial charge in [0.2, 0.25) is 5.91 Å². The highest BCUT2D eigenvalue weighted by Gasteiger charge is 2.49. The second-order valence-electron chi connectivity index (χ2n) is 10.8. The number of benzene rings is 3. The molecular formula is C32H37N3O6S. The molecule has 1 heterocycles. The largest absolute Gasteiger partial charge is 0.508 e. The lowest BCUT2D eigenvalue weighted by Gasteiger charge is -2.33. The van der Waals surface area contributed by atoms with Gasteiger partial charge in [-0.25, -0.2) is 0 Å². The summed E-state index contributed by atoms with van der Waals surface area (Å²) in [6, 6.07) is 19.3. The Kier molecular flexibility index (Phi) is 9.80. The van der Waals surface area contributed by atoms with Gasteiger partial charge in [0.25, 0.3) is 11.8 Å². The minimum atomic E-state index is -1.63. The zero-order valence-electron chi connectivity index (χ0n) is 24.2. The quantitative estimate of drug-likeness (QED) is 0.285. The van der Waals surface area contributed by atoms with Crippen LogP contribution in [0.15, 0.2) is 72.8 Å². The number of aliphatic hydroxyl groups excluding tert-OH is 1. The number of ether oxygens (including phenoxy) is 1. The molecule has 42 heavy (non-hydrogen) atoms. The summed E-state index contributed by atoms with van der Waals surface area (Å²) in [5, 5.41) is 27.3. The molecule has 1 aliphatic rings. The van der Waals surface area contributed by atoms with Gasteiger partial charge in [-0.15, -0.1) is 11.8 Å². The minimum absolute atomic E-state index is 0.0304. The Bertz CT molecular complexity index is 1430. The maximum Gasteiger partial charge on any atom is 0.254 e. The van der Waals surface area contributed by atoms with Crippen LogP contribution in [-0.2, 0) is 22.6 Å². The number of methoxy groups -OCH3 is 1. The zero-order valence-corrected chi connectivity index (χ0v) is 25.0.